The number of nitrogens with zero attached hydrogens (tertiary/aromatic N) is 3. The van der Waals surface area contributed by atoms with Crippen LogP contribution < -0.4 is 9.64 Å². The molecule has 0 N–H and O–H groups in total. The van der Waals surface area contributed by atoms with Crippen LogP contribution in [0, 0.1) is 5.41 Å². The van der Waals surface area contributed by atoms with Gasteiger partial charge in [0.2, 0.25) is 11.8 Å². The maximum Gasteiger partial charge on any atom is 0.311 e. The van der Waals surface area contributed by atoms with E-state index in [-0.39, 0.29) is 5.97 Å². The van der Waals surface area contributed by atoms with Crippen LogP contribution in [0.4, 0.5) is 17.1 Å². The Hall–Kier alpha value is -5.69. The third-order valence-electron chi connectivity index (χ3n) is 9.12. The molecule has 0 saturated heterocycles. The van der Waals surface area contributed by atoms with Crippen molar-refractivity contribution in [3.05, 3.63) is 133 Å². The predicted octanol–water partition coefficient (Wildman–Crippen LogP) is 11.5. The number of aromatic nitrogens is 2. The number of anilines is 3. The molecule has 51 heavy (non-hydrogen) atoms. The molecule has 0 atom stereocenters. The summed E-state index contributed by atoms with van der Waals surface area (Å²) in [6, 6.07) is 45.1. The van der Waals surface area contributed by atoms with Gasteiger partial charge in [-0.1, -0.05) is 67.6 Å². The van der Waals surface area contributed by atoms with E-state index in [1.165, 1.54) is 0 Å². The normalized spacial score (nSPS) is 11.3. The number of hydrogen-bond donors (Lipinski definition) is 0. The number of unbranched alkanes of at least 4 members (excludes halogenated alkanes) is 3. The molecule has 6 rings (SSSR count). The van der Waals surface area contributed by atoms with Crippen molar-refractivity contribution in [2.24, 2.45) is 5.41 Å². The molecule has 0 spiro atoms. The summed E-state index contributed by atoms with van der Waals surface area (Å²) in [5.74, 6) is 1.69. The van der Waals surface area contributed by atoms with Gasteiger partial charge < -0.3 is 18.8 Å². The van der Waals surface area contributed by atoms with Gasteiger partial charge >= 0.3 is 5.97 Å². The highest BCUT2D eigenvalue weighted by Crippen LogP contribution is 2.35. The molecule has 0 amide bonds. The SMILES string of the molecule is CCC(C)(C)C(=O)OCCCCCCOc1ccc(-c2ccc(-c3nnc(-c4ccc(N(c5ccccc5)c5ccccc5)cc4)o3)cc2)cc1. The molecule has 0 aliphatic carbocycles. The van der Waals surface area contributed by atoms with Gasteiger partial charge in [-0.05, 0) is 130 Å². The van der Waals surface area contributed by atoms with Crippen LogP contribution in [0.25, 0.3) is 34.0 Å². The number of ether oxygens (including phenoxy) is 2. The lowest BCUT2D eigenvalue weighted by molar-refractivity contribution is -0.154. The minimum atomic E-state index is -0.404. The maximum absolute atomic E-state index is 12.1. The summed E-state index contributed by atoms with van der Waals surface area (Å²) in [4.78, 5) is 14.3. The molecule has 0 saturated carbocycles. The largest absolute Gasteiger partial charge is 0.494 e. The van der Waals surface area contributed by atoms with Crippen molar-refractivity contribution in [3.63, 3.8) is 0 Å². The van der Waals surface area contributed by atoms with E-state index in [9.17, 15) is 4.79 Å². The number of rotatable bonds is 16. The summed E-state index contributed by atoms with van der Waals surface area (Å²) in [6.07, 6.45) is 4.67. The Kier molecular flexibility index (Phi) is 11.6. The van der Waals surface area contributed by atoms with E-state index in [1.54, 1.807) is 0 Å². The first-order valence-electron chi connectivity index (χ1n) is 17.8. The Morgan fingerprint density at radius 2 is 1.04 bits per heavy atom. The van der Waals surface area contributed by atoms with E-state index in [2.05, 4.69) is 75.8 Å². The second kappa shape index (κ2) is 16.8. The van der Waals surface area contributed by atoms with Crippen LogP contribution in [0.1, 0.15) is 52.9 Å². The smallest absolute Gasteiger partial charge is 0.311 e. The monoisotopic (exact) mass is 679 g/mol. The third kappa shape index (κ3) is 9.11. The van der Waals surface area contributed by atoms with Gasteiger partial charge in [0.15, 0.2) is 0 Å². The Morgan fingerprint density at radius 1 is 0.588 bits per heavy atom. The molecule has 6 aromatic rings. The zero-order valence-corrected chi connectivity index (χ0v) is 29.6. The average molecular weight is 680 g/mol. The molecule has 7 nitrogen and oxygen atoms in total. The molecule has 7 heteroatoms. The first-order chi connectivity index (χ1) is 24.9. The molecule has 0 aliphatic rings. The standard InChI is InChI=1S/C44H45N3O4/c1-4-44(2,3)43(48)50-32-14-6-5-13-31-49-40-29-25-34(26-30-40)33-19-21-35(22-20-33)41-45-46-42(51-41)36-23-27-39(28-24-36)47(37-15-9-7-10-16-37)38-17-11-8-12-18-38/h7-12,15-30H,4-6,13-14,31-32H2,1-3H3. The molecule has 1 heterocycles. The topological polar surface area (TPSA) is 77.7 Å². The summed E-state index contributed by atoms with van der Waals surface area (Å²) in [6.45, 7) is 7.01. The molecule has 0 aliphatic heterocycles. The molecular formula is C44H45N3O4. The molecule has 1 aromatic heterocycles. The average Bonchev–Trinajstić information content (AvgIpc) is 3.68. The summed E-state index contributed by atoms with van der Waals surface area (Å²) < 4.78 is 17.5. The number of hydrogen-bond acceptors (Lipinski definition) is 7. The Bertz CT molecular complexity index is 1910. The second-order valence-electron chi connectivity index (χ2n) is 13.2. The van der Waals surface area contributed by atoms with Crippen LogP contribution in [0.15, 0.2) is 138 Å². The van der Waals surface area contributed by atoms with Gasteiger partial charge in [0, 0.05) is 28.2 Å². The number of benzene rings is 5. The first-order valence-corrected chi connectivity index (χ1v) is 17.8. The summed E-state index contributed by atoms with van der Waals surface area (Å²) in [7, 11) is 0. The first kappa shape index (κ1) is 35.1. The lowest BCUT2D eigenvalue weighted by Crippen LogP contribution is -2.26. The number of carbonyl (C=O) groups excluding carboxylic acids is 1. The zero-order valence-electron chi connectivity index (χ0n) is 29.6. The van der Waals surface area contributed by atoms with Gasteiger partial charge in [0.05, 0.1) is 18.6 Å². The van der Waals surface area contributed by atoms with Crippen molar-refractivity contribution in [2.45, 2.75) is 52.9 Å². The lowest BCUT2D eigenvalue weighted by atomic mass is 9.91. The molecule has 0 bridgehead atoms. The molecule has 0 unspecified atom stereocenters. The number of esters is 1. The van der Waals surface area contributed by atoms with Gasteiger partial charge in [-0.15, -0.1) is 10.2 Å². The number of para-hydroxylation sites is 2. The van der Waals surface area contributed by atoms with Crippen LogP contribution in [-0.4, -0.2) is 29.4 Å². The molecular weight excluding hydrogens is 635 g/mol. The number of carbonyl (C=O) groups is 1. The predicted molar refractivity (Wildman–Crippen MR) is 204 cm³/mol. The second-order valence-corrected chi connectivity index (χ2v) is 13.2. The van der Waals surface area contributed by atoms with Crippen molar-refractivity contribution in [1.82, 2.24) is 10.2 Å². The van der Waals surface area contributed by atoms with Crippen LogP contribution >= 0.6 is 0 Å². The van der Waals surface area contributed by atoms with Crippen molar-refractivity contribution in [2.75, 3.05) is 18.1 Å². The Morgan fingerprint density at radius 3 is 1.57 bits per heavy atom. The van der Waals surface area contributed by atoms with Gasteiger partial charge in [0.1, 0.15) is 5.75 Å². The fraction of sp³-hybridized carbons (Fsp3) is 0.250. The van der Waals surface area contributed by atoms with E-state index in [0.29, 0.717) is 25.0 Å². The Balaban J connectivity index is 0.995. The van der Waals surface area contributed by atoms with Gasteiger partial charge in [-0.2, -0.15) is 0 Å². The van der Waals surface area contributed by atoms with Crippen LogP contribution in [0.5, 0.6) is 5.75 Å². The summed E-state index contributed by atoms with van der Waals surface area (Å²) in [5.41, 5.74) is 6.69. The van der Waals surface area contributed by atoms with E-state index in [1.807, 2.05) is 93.6 Å². The van der Waals surface area contributed by atoms with Crippen molar-refractivity contribution in [3.8, 4) is 39.8 Å². The van der Waals surface area contributed by atoms with Crippen LogP contribution in [-0.2, 0) is 9.53 Å². The summed E-state index contributed by atoms with van der Waals surface area (Å²) >= 11 is 0. The van der Waals surface area contributed by atoms with Crippen LogP contribution in [0.2, 0.25) is 0 Å². The third-order valence-corrected chi connectivity index (χ3v) is 9.12. The molecule has 0 fully saturated rings. The highest BCUT2D eigenvalue weighted by molar-refractivity contribution is 5.78. The van der Waals surface area contributed by atoms with Gasteiger partial charge in [0.25, 0.3) is 0 Å². The molecule has 0 radical (unpaired) electrons. The van der Waals surface area contributed by atoms with Crippen LogP contribution in [0.3, 0.4) is 0 Å². The minimum absolute atomic E-state index is 0.109. The quantitative estimate of drug-likeness (QED) is 0.0744. The van der Waals surface area contributed by atoms with E-state index >= 15 is 0 Å². The minimum Gasteiger partial charge on any atom is -0.494 e. The van der Waals surface area contributed by atoms with E-state index < -0.39 is 5.41 Å². The van der Waals surface area contributed by atoms with Crippen molar-refractivity contribution < 1.29 is 18.7 Å². The summed E-state index contributed by atoms with van der Waals surface area (Å²) in [5, 5.41) is 8.69. The highest BCUT2D eigenvalue weighted by atomic mass is 16.5. The fourth-order valence-electron chi connectivity index (χ4n) is 5.61. The van der Waals surface area contributed by atoms with Crippen molar-refractivity contribution in [1.29, 1.82) is 0 Å². The highest BCUT2D eigenvalue weighted by Gasteiger charge is 2.26. The van der Waals surface area contributed by atoms with Gasteiger partial charge in [-0.3, -0.25) is 4.79 Å². The maximum atomic E-state index is 12.1. The zero-order chi connectivity index (χ0) is 35.5. The Labute approximate surface area is 300 Å². The molecule has 5 aromatic carbocycles. The van der Waals surface area contributed by atoms with Gasteiger partial charge in [-0.25, -0.2) is 0 Å². The van der Waals surface area contributed by atoms with E-state index in [0.717, 1.165) is 77.2 Å². The molecule has 260 valence electrons. The fourth-order valence-corrected chi connectivity index (χ4v) is 5.61. The van der Waals surface area contributed by atoms with Crippen molar-refractivity contribution >= 4 is 23.0 Å². The van der Waals surface area contributed by atoms with E-state index in [4.69, 9.17) is 13.9 Å². The lowest BCUT2D eigenvalue weighted by Gasteiger charge is -2.25.